The summed E-state index contributed by atoms with van der Waals surface area (Å²) in [6, 6.07) is 15.4. The molecule has 0 bridgehead atoms. The van der Waals surface area contributed by atoms with E-state index in [1.807, 2.05) is 75.3 Å². The first-order chi connectivity index (χ1) is 14.4. The molecular weight excluding hydrogens is 378 g/mol. The number of nitrogens with one attached hydrogen (secondary N) is 1. The van der Waals surface area contributed by atoms with Crippen molar-refractivity contribution >= 4 is 23.2 Å². The third-order valence-electron chi connectivity index (χ3n) is 4.90. The Morgan fingerprint density at radius 2 is 1.83 bits per heavy atom. The van der Waals surface area contributed by atoms with Crippen LogP contribution in [-0.4, -0.2) is 43.2 Å². The first-order valence-electron chi connectivity index (χ1n) is 9.86. The van der Waals surface area contributed by atoms with E-state index in [1.54, 1.807) is 4.90 Å². The monoisotopic (exact) mass is 403 g/mol. The van der Waals surface area contributed by atoms with E-state index in [0.717, 1.165) is 28.3 Å². The molecule has 0 spiro atoms. The zero-order valence-corrected chi connectivity index (χ0v) is 17.6. The fourth-order valence-corrected chi connectivity index (χ4v) is 3.49. The topological polar surface area (TPSA) is 70.6 Å². The number of aromatic nitrogens is 2. The number of hydrogen-bond acceptors (Lipinski definition) is 5. The number of hydrogen-bond donors (Lipinski definition) is 1. The average molecular weight is 403 g/mol. The van der Waals surface area contributed by atoms with Crippen LogP contribution in [0.2, 0.25) is 0 Å². The number of pyridine rings is 2. The molecule has 30 heavy (non-hydrogen) atoms. The van der Waals surface area contributed by atoms with Crippen molar-refractivity contribution in [3.8, 4) is 17.0 Å². The van der Waals surface area contributed by atoms with Crippen LogP contribution in [0, 0.1) is 13.8 Å². The fourth-order valence-electron chi connectivity index (χ4n) is 3.49. The molecule has 1 N–H and O–H groups in total. The van der Waals surface area contributed by atoms with E-state index in [-0.39, 0.29) is 6.03 Å². The summed E-state index contributed by atoms with van der Waals surface area (Å²) in [7, 11) is 4.00. The standard InChI is InChI=1S/C23H25N5O2/c1-15-12-18(13-16(2)24-15)25-23(29)28-10-11-30-21-9-8-20(26-22(21)28)17-6-5-7-19(14-17)27(3)4/h5-9,12-14H,10-11H2,1-4H3,(H,24,25,29). The highest BCUT2D eigenvalue weighted by Crippen LogP contribution is 2.33. The van der Waals surface area contributed by atoms with Crippen LogP contribution in [0.5, 0.6) is 5.75 Å². The summed E-state index contributed by atoms with van der Waals surface area (Å²) in [4.78, 5) is 25.8. The second-order valence-electron chi connectivity index (χ2n) is 7.53. The Morgan fingerprint density at radius 1 is 1.07 bits per heavy atom. The number of urea groups is 1. The van der Waals surface area contributed by atoms with Crippen LogP contribution in [-0.2, 0) is 0 Å². The number of fused-ring (bicyclic) bond motifs is 1. The minimum Gasteiger partial charge on any atom is -0.488 e. The number of anilines is 3. The molecule has 0 saturated heterocycles. The molecule has 0 aliphatic carbocycles. The zero-order valence-electron chi connectivity index (χ0n) is 17.6. The lowest BCUT2D eigenvalue weighted by Gasteiger charge is -2.29. The van der Waals surface area contributed by atoms with Crippen LogP contribution in [0.25, 0.3) is 11.3 Å². The molecule has 1 aromatic carbocycles. The third kappa shape index (κ3) is 4.05. The fraction of sp³-hybridized carbons (Fsp3) is 0.261. The van der Waals surface area contributed by atoms with Crippen molar-refractivity contribution in [2.45, 2.75) is 13.8 Å². The molecule has 7 nitrogen and oxygen atoms in total. The lowest BCUT2D eigenvalue weighted by molar-refractivity contribution is 0.249. The molecule has 7 heteroatoms. The van der Waals surface area contributed by atoms with Gasteiger partial charge in [0.25, 0.3) is 0 Å². The summed E-state index contributed by atoms with van der Waals surface area (Å²) in [5.74, 6) is 1.13. The maximum atomic E-state index is 13.0. The van der Waals surface area contributed by atoms with Crippen molar-refractivity contribution in [1.82, 2.24) is 9.97 Å². The molecule has 3 heterocycles. The van der Waals surface area contributed by atoms with Gasteiger partial charge in [-0.2, -0.15) is 0 Å². The average Bonchev–Trinajstić information content (AvgIpc) is 2.72. The molecule has 1 aliphatic rings. The predicted molar refractivity (Wildman–Crippen MR) is 120 cm³/mol. The summed E-state index contributed by atoms with van der Waals surface area (Å²) in [6.07, 6.45) is 0. The molecule has 0 fully saturated rings. The summed E-state index contributed by atoms with van der Waals surface area (Å²) < 4.78 is 5.74. The van der Waals surface area contributed by atoms with E-state index >= 15 is 0 Å². The highest BCUT2D eigenvalue weighted by molar-refractivity contribution is 6.02. The lowest BCUT2D eigenvalue weighted by Crippen LogP contribution is -2.41. The largest absolute Gasteiger partial charge is 0.488 e. The number of nitrogens with zero attached hydrogens (tertiary/aromatic N) is 4. The molecule has 2 amide bonds. The van der Waals surface area contributed by atoms with Gasteiger partial charge < -0.3 is 15.0 Å². The number of carbonyl (C=O) groups excluding carboxylic acids is 1. The molecule has 0 radical (unpaired) electrons. The van der Waals surface area contributed by atoms with Gasteiger partial charge in [0.1, 0.15) is 6.61 Å². The highest BCUT2D eigenvalue weighted by Gasteiger charge is 2.26. The Hall–Kier alpha value is -3.61. The smallest absolute Gasteiger partial charge is 0.327 e. The molecule has 0 saturated carbocycles. The Balaban J connectivity index is 1.65. The maximum absolute atomic E-state index is 13.0. The van der Waals surface area contributed by atoms with Crippen molar-refractivity contribution in [2.24, 2.45) is 0 Å². The van der Waals surface area contributed by atoms with Gasteiger partial charge in [0.05, 0.1) is 12.2 Å². The van der Waals surface area contributed by atoms with Crippen LogP contribution >= 0.6 is 0 Å². The van der Waals surface area contributed by atoms with Crippen LogP contribution in [0.4, 0.5) is 22.0 Å². The summed E-state index contributed by atoms with van der Waals surface area (Å²) in [6.45, 7) is 4.66. The van der Waals surface area contributed by atoms with Gasteiger partial charge in [-0.1, -0.05) is 12.1 Å². The number of rotatable bonds is 3. The van der Waals surface area contributed by atoms with Crippen molar-refractivity contribution in [3.63, 3.8) is 0 Å². The van der Waals surface area contributed by atoms with Gasteiger partial charge in [-0.25, -0.2) is 9.78 Å². The van der Waals surface area contributed by atoms with E-state index in [2.05, 4.69) is 16.4 Å². The Morgan fingerprint density at radius 3 is 2.57 bits per heavy atom. The Bertz CT molecular complexity index is 1080. The van der Waals surface area contributed by atoms with Gasteiger partial charge in [0.15, 0.2) is 11.6 Å². The zero-order chi connectivity index (χ0) is 21.3. The second-order valence-corrected chi connectivity index (χ2v) is 7.53. The van der Waals surface area contributed by atoms with Gasteiger partial charge in [0.2, 0.25) is 0 Å². The van der Waals surface area contributed by atoms with E-state index in [4.69, 9.17) is 9.72 Å². The van der Waals surface area contributed by atoms with Crippen molar-refractivity contribution in [1.29, 1.82) is 0 Å². The first-order valence-corrected chi connectivity index (χ1v) is 9.86. The lowest BCUT2D eigenvalue weighted by atomic mass is 10.1. The molecule has 3 aromatic rings. The maximum Gasteiger partial charge on any atom is 0.327 e. The third-order valence-corrected chi connectivity index (χ3v) is 4.90. The van der Waals surface area contributed by atoms with Crippen LogP contribution < -0.4 is 19.9 Å². The molecule has 4 rings (SSSR count). The predicted octanol–water partition coefficient (Wildman–Crippen LogP) is 4.26. The highest BCUT2D eigenvalue weighted by atomic mass is 16.5. The number of amides is 2. The summed E-state index contributed by atoms with van der Waals surface area (Å²) in [5, 5.41) is 2.96. The Labute approximate surface area is 176 Å². The molecular formula is C23H25N5O2. The van der Waals surface area contributed by atoms with Gasteiger partial charge in [0, 0.05) is 42.4 Å². The summed E-state index contributed by atoms with van der Waals surface area (Å²) >= 11 is 0. The number of carbonyl (C=O) groups is 1. The summed E-state index contributed by atoms with van der Waals surface area (Å²) in [5.41, 5.74) is 5.28. The molecule has 1 aliphatic heterocycles. The number of benzene rings is 1. The minimum atomic E-state index is -0.240. The van der Waals surface area contributed by atoms with Gasteiger partial charge in [-0.15, -0.1) is 0 Å². The Kier molecular flexibility index (Phi) is 5.27. The first kappa shape index (κ1) is 19.7. The van der Waals surface area contributed by atoms with Gasteiger partial charge >= 0.3 is 6.03 Å². The molecule has 154 valence electrons. The van der Waals surface area contributed by atoms with Crippen LogP contribution in [0.1, 0.15) is 11.4 Å². The van der Waals surface area contributed by atoms with E-state index < -0.39 is 0 Å². The van der Waals surface area contributed by atoms with Gasteiger partial charge in [-0.3, -0.25) is 9.88 Å². The van der Waals surface area contributed by atoms with E-state index in [1.165, 1.54) is 0 Å². The SMILES string of the molecule is Cc1cc(NC(=O)N2CCOc3ccc(-c4cccc(N(C)C)c4)nc32)cc(C)n1. The molecule has 0 unspecified atom stereocenters. The van der Waals surface area contributed by atoms with E-state index in [0.29, 0.717) is 30.4 Å². The van der Waals surface area contributed by atoms with Crippen molar-refractivity contribution in [3.05, 3.63) is 59.9 Å². The quantitative estimate of drug-likeness (QED) is 0.708. The van der Waals surface area contributed by atoms with Crippen molar-refractivity contribution < 1.29 is 9.53 Å². The normalized spacial score (nSPS) is 12.7. The van der Waals surface area contributed by atoms with Crippen LogP contribution in [0.3, 0.4) is 0 Å². The van der Waals surface area contributed by atoms with E-state index in [9.17, 15) is 4.79 Å². The van der Waals surface area contributed by atoms with Crippen molar-refractivity contribution in [2.75, 3.05) is 42.4 Å². The van der Waals surface area contributed by atoms with Gasteiger partial charge in [-0.05, 0) is 50.2 Å². The van der Waals surface area contributed by atoms with Crippen LogP contribution in [0.15, 0.2) is 48.5 Å². The second kappa shape index (κ2) is 8.02. The number of ether oxygens (including phenoxy) is 1. The molecule has 2 aromatic heterocycles. The molecule has 0 atom stereocenters. The minimum absolute atomic E-state index is 0.240. The number of aryl methyl sites for hydroxylation is 2.